The first kappa shape index (κ1) is 16.0. The molecule has 0 aliphatic carbocycles. The van der Waals surface area contributed by atoms with Gasteiger partial charge in [0.1, 0.15) is 0 Å². The molecule has 0 spiro atoms. The lowest BCUT2D eigenvalue weighted by molar-refractivity contribution is 0.287. The van der Waals surface area contributed by atoms with Crippen molar-refractivity contribution in [3.8, 4) is 0 Å². The Balaban J connectivity index is 1.92. The summed E-state index contributed by atoms with van der Waals surface area (Å²) < 4.78 is 2.09. The zero-order valence-corrected chi connectivity index (χ0v) is 13.6. The van der Waals surface area contributed by atoms with Crippen LogP contribution in [-0.4, -0.2) is 40.9 Å². The van der Waals surface area contributed by atoms with E-state index in [0.717, 1.165) is 38.4 Å². The molecule has 0 fully saturated rings. The van der Waals surface area contributed by atoms with Gasteiger partial charge in [-0.05, 0) is 32.5 Å². The van der Waals surface area contributed by atoms with Gasteiger partial charge in [-0.15, -0.1) is 0 Å². The first-order valence-electron chi connectivity index (χ1n) is 8.17. The third kappa shape index (κ3) is 4.05. The van der Waals surface area contributed by atoms with E-state index in [4.69, 9.17) is 5.10 Å². The normalized spacial score (nSPS) is 11.6. The van der Waals surface area contributed by atoms with E-state index in [-0.39, 0.29) is 0 Å². The average molecular weight is 288 g/mol. The number of nitrogens with zero attached hydrogens (tertiary/aromatic N) is 3. The van der Waals surface area contributed by atoms with E-state index in [2.05, 4.69) is 59.9 Å². The quantitative estimate of drug-likeness (QED) is 0.720. The minimum absolute atomic E-state index is 0.844. The molecular weight excluding hydrogens is 260 g/mol. The molecule has 0 amide bonds. The van der Waals surface area contributed by atoms with Crippen LogP contribution in [0.4, 0.5) is 0 Å². The molecule has 0 radical (unpaired) electrons. The van der Waals surface area contributed by atoms with Crippen molar-refractivity contribution in [3.63, 3.8) is 0 Å². The summed E-state index contributed by atoms with van der Waals surface area (Å²) in [7, 11) is 0. The number of fused-ring (bicyclic) bond motifs is 1. The Hall–Kier alpha value is -1.39. The second-order valence-corrected chi connectivity index (χ2v) is 5.39. The lowest BCUT2D eigenvalue weighted by Crippen LogP contribution is -2.32. The van der Waals surface area contributed by atoms with Gasteiger partial charge >= 0.3 is 0 Å². The fourth-order valence-corrected chi connectivity index (χ4v) is 2.76. The summed E-state index contributed by atoms with van der Waals surface area (Å²) in [4.78, 5) is 2.48. The highest BCUT2D eigenvalue weighted by Crippen LogP contribution is 2.18. The molecule has 0 saturated carbocycles. The largest absolute Gasteiger partial charge is 0.310 e. The molecule has 4 heteroatoms. The van der Waals surface area contributed by atoms with Crippen LogP contribution in [0.2, 0.25) is 0 Å². The smallest absolute Gasteiger partial charge is 0.0841 e. The minimum atomic E-state index is 0.844. The second kappa shape index (κ2) is 8.15. The van der Waals surface area contributed by atoms with E-state index in [0.29, 0.717) is 0 Å². The molecule has 1 aromatic heterocycles. The van der Waals surface area contributed by atoms with Gasteiger partial charge in [0.2, 0.25) is 0 Å². The zero-order valence-electron chi connectivity index (χ0n) is 13.6. The SMILES string of the molecule is CCCN(CC)CCNCc1nn(CC)c2ccccc12. The summed E-state index contributed by atoms with van der Waals surface area (Å²) in [5, 5.41) is 9.53. The van der Waals surface area contributed by atoms with Crippen LogP contribution in [-0.2, 0) is 13.1 Å². The average Bonchev–Trinajstić information content (AvgIpc) is 2.88. The molecule has 0 saturated heterocycles. The maximum absolute atomic E-state index is 4.72. The Morgan fingerprint density at radius 2 is 1.95 bits per heavy atom. The number of benzene rings is 1. The molecule has 1 aromatic carbocycles. The van der Waals surface area contributed by atoms with Crippen molar-refractivity contribution in [1.29, 1.82) is 0 Å². The van der Waals surface area contributed by atoms with Gasteiger partial charge in [0, 0.05) is 31.6 Å². The highest BCUT2D eigenvalue weighted by Gasteiger charge is 2.08. The van der Waals surface area contributed by atoms with Crippen molar-refractivity contribution in [2.45, 2.75) is 40.3 Å². The highest BCUT2D eigenvalue weighted by atomic mass is 15.3. The van der Waals surface area contributed by atoms with Crippen molar-refractivity contribution < 1.29 is 0 Å². The van der Waals surface area contributed by atoms with E-state index in [9.17, 15) is 0 Å². The summed E-state index contributed by atoms with van der Waals surface area (Å²) in [5.74, 6) is 0. The predicted molar refractivity (Wildman–Crippen MR) is 89.5 cm³/mol. The molecule has 4 nitrogen and oxygen atoms in total. The number of likely N-dealkylation sites (N-methyl/N-ethyl adjacent to an activating group) is 1. The van der Waals surface area contributed by atoms with Gasteiger partial charge in [0.05, 0.1) is 11.2 Å². The molecule has 1 N–H and O–H groups in total. The van der Waals surface area contributed by atoms with Crippen LogP contribution in [0.1, 0.15) is 32.9 Å². The van der Waals surface area contributed by atoms with Crippen LogP contribution in [0, 0.1) is 0 Å². The fourth-order valence-electron chi connectivity index (χ4n) is 2.76. The maximum atomic E-state index is 4.72. The van der Waals surface area contributed by atoms with E-state index in [1.807, 2.05) is 0 Å². The Kier molecular flexibility index (Phi) is 6.21. The predicted octanol–water partition coefficient (Wildman–Crippen LogP) is 2.88. The molecule has 0 unspecified atom stereocenters. The van der Waals surface area contributed by atoms with E-state index < -0.39 is 0 Å². The molecule has 2 rings (SSSR count). The van der Waals surface area contributed by atoms with Crippen molar-refractivity contribution in [1.82, 2.24) is 20.0 Å². The maximum Gasteiger partial charge on any atom is 0.0841 e. The van der Waals surface area contributed by atoms with E-state index in [1.165, 1.54) is 23.9 Å². The Labute approximate surface area is 128 Å². The van der Waals surface area contributed by atoms with Crippen molar-refractivity contribution in [2.75, 3.05) is 26.2 Å². The van der Waals surface area contributed by atoms with Gasteiger partial charge in [0.25, 0.3) is 0 Å². The Morgan fingerprint density at radius 1 is 1.14 bits per heavy atom. The number of hydrogen-bond donors (Lipinski definition) is 1. The topological polar surface area (TPSA) is 33.1 Å². The van der Waals surface area contributed by atoms with Gasteiger partial charge in [-0.25, -0.2) is 0 Å². The minimum Gasteiger partial charge on any atom is -0.310 e. The molecule has 1 heterocycles. The number of aryl methyl sites for hydroxylation is 1. The van der Waals surface area contributed by atoms with Gasteiger partial charge in [-0.1, -0.05) is 32.0 Å². The van der Waals surface area contributed by atoms with Crippen LogP contribution < -0.4 is 5.32 Å². The van der Waals surface area contributed by atoms with Crippen LogP contribution >= 0.6 is 0 Å². The Morgan fingerprint density at radius 3 is 2.67 bits per heavy atom. The third-order valence-electron chi connectivity index (χ3n) is 3.92. The van der Waals surface area contributed by atoms with Gasteiger partial charge in [-0.2, -0.15) is 5.10 Å². The summed E-state index contributed by atoms with van der Waals surface area (Å²) in [6.07, 6.45) is 1.22. The first-order chi connectivity index (χ1) is 10.3. The number of aromatic nitrogens is 2. The van der Waals surface area contributed by atoms with E-state index >= 15 is 0 Å². The van der Waals surface area contributed by atoms with E-state index in [1.54, 1.807) is 0 Å². The summed E-state index contributed by atoms with van der Waals surface area (Å²) in [6.45, 7) is 12.8. The number of hydrogen-bond acceptors (Lipinski definition) is 3. The number of rotatable bonds is 9. The van der Waals surface area contributed by atoms with Gasteiger partial charge in [0.15, 0.2) is 0 Å². The fraction of sp³-hybridized carbons (Fsp3) is 0.588. The lowest BCUT2D eigenvalue weighted by Gasteiger charge is -2.19. The van der Waals surface area contributed by atoms with Crippen LogP contribution in [0.5, 0.6) is 0 Å². The summed E-state index contributed by atoms with van der Waals surface area (Å²) in [5.41, 5.74) is 2.39. The van der Waals surface area contributed by atoms with Crippen LogP contribution in [0.15, 0.2) is 24.3 Å². The lowest BCUT2D eigenvalue weighted by atomic mass is 10.2. The molecule has 116 valence electrons. The standard InChI is InChI=1S/C17H28N4/c1-4-12-20(5-2)13-11-18-14-16-15-9-7-8-10-17(15)21(6-3)19-16/h7-10,18H,4-6,11-14H2,1-3H3. The summed E-state index contributed by atoms with van der Waals surface area (Å²) in [6, 6.07) is 8.49. The van der Waals surface area contributed by atoms with Gasteiger partial charge in [-0.3, -0.25) is 4.68 Å². The number of nitrogens with one attached hydrogen (secondary N) is 1. The molecule has 21 heavy (non-hydrogen) atoms. The third-order valence-corrected chi connectivity index (χ3v) is 3.92. The number of para-hydroxylation sites is 1. The highest BCUT2D eigenvalue weighted by molar-refractivity contribution is 5.81. The molecule has 0 atom stereocenters. The molecule has 0 aliphatic rings. The Bertz CT molecular complexity index is 547. The van der Waals surface area contributed by atoms with Gasteiger partial charge < -0.3 is 10.2 Å². The zero-order chi connectivity index (χ0) is 15.1. The van der Waals surface area contributed by atoms with Crippen molar-refractivity contribution in [3.05, 3.63) is 30.0 Å². The monoisotopic (exact) mass is 288 g/mol. The van der Waals surface area contributed by atoms with Crippen LogP contribution in [0.25, 0.3) is 10.9 Å². The van der Waals surface area contributed by atoms with Crippen molar-refractivity contribution in [2.24, 2.45) is 0 Å². The molecule has 0 aliphatic heterocycles. The summed E-state index contributed by atoms with van der Waals surface area (Å²) >= 11 is 0. The second-order valence-electron chi connectivity index (χ2n) is 5.39. The van der Waals surface area contributed by atoms with Crippen molar-refractivity contribution >= 4 is 10.9 Å². The first-order valence-corrected chi connectivity index (χ1v) is 8.17. The molecule has 2 aromatic rings. The molecule has 0 bridgehead atoms. The molecular formula is C17H28N4. The van der Waals surface area contributed by atoms with Crippen LogP contribution in [0.3, 0.4) is 0 Å².